The van der Waals surface area contributed by atoms with Crippen LogP contribution in [0, 0.1) is 0 Å². The Morgan fingerprint density at radius 1 is 1.26 bits per heavy atom. The number of nitrogens with zero attached hydrogens (tertiary/aromatic N) is 2. The fourth-order valence-corrected chi connectivity index (χ4v) is 1.97. The second kappa shape index (κ2) is 4.09. The summed E-state index contributed by atoms with van der Waals surface area (Å²) in [4.78, 5) is 22.5. The maximum atomic E-state index is 11.2. The maximum absolute atomic E-state index is 11.2. The van der Waals surface area contributed by atoms with E-state index in [-0.39, 0.29) is 11.0 Å². The van der Waals surface area contributed by atoms with Gasteiger partial charge in [-0.1, -0.05) is 18.2 Å². The van der Waals surface area contributed by atoms with E-state index >= 15 is 0 Å². The molecule has 0 radical (unpaired) electrons. The molecule has 0 saturated carbocycles. The number of nitrogens with one attached hydrogen (secondary N) is 1. The molecule has 19 heavy (non-hydrogen) atoms. The molecule has 0 aliphatic heterocycles. The molecule has 2 N–H and O–H groups in total. The number of H-pyrrole nitrogens is 1. The van der Waals surface area contributed by atoms with Crippen molar-refractivity contribution in [2.75, 3.05) is 0 Å². The van der Waals surface area contributed by atoms with Crippen molar-refractivity contribution in [3.8, 4) is 11.4 Å². The van der Waals surface area contributed by atoms with Crippen molar-refractivity contribution in [3.63, 3.8) is 0 Å². The molecule has 6 heteroatoms. The number of fused-ring (bicyclic) bond motifs is 1. The summed E-state index contributed by atoms with van der Waals surface area (Å²) in [6.45, 7) is 0. The van der Waals surface area contributed by atoms with E-state index in [1.54, 1.807) is 28.8 Å². The fraction of sp³-hybridized carbons (Fsp3) is 0. The molecule has 0 fully saturated rings. The Balaban J connectivity index is 2.31. The number of carbonyl (C=O) groups is 1. The second-order valence-electron chi connectivity index (χ2n) is 4.02. The van der Waals surface area contributed by atoms with Crippen molar-refractivity contribution in [1.82, 2.24) is 14.6 Å². The van der Waals surface area contributed by atoms with Crippen molar-refractivity contribution in [3.05, 3.63) is 58.4 Å². The number of aromatic nitrogens is 3. The highest BCUT2D eigenvalue weighted by molar-refractivity contribution is 5.95. The van der Waals surface area contributed by atoms with Gasteiger partial charge in [0.2, 0.25) is 0 Å². The van der Waals surface area contributed by atoms with Gasteiger partial charge in [-0.25, -0.2) is 4.79 Å². The number of aromatic carboxylic acids is 1. The third kappa shape index (κ3) is 1.79. The predicted octanol–water partition coefficient (Wildman–Crippen LogP) is 1.39. The molecule has 0 aliphatic carbocycles. The summed E-state index contributed by atoms with van der Waals surface area (Å²) in [7, 11) is 0. The molecule has 1 aromatic carbocycles. The van der Waals surface area contributed by atoms with Gasteiger partial charge in [0.1, 0.15) is 5.65 Å². The van der Waals surface area contributed by atoms with E-state index < -0.39 is 5.97 Å². The number of hydrogen-bond acceptors (Lipinski definition) is 3. The van der Waals surface area contributed by atoms with Gasteiger partial charge in [-0.15, -0.1) is 0 Å². The number of hydrogen-bond donors (Lipinski definition) is 2. The molecule has 0 spiro atoms. The normalized spacial score (nSPS) is 10.7. The van der Waals surface area contributed by atoms with Gasteiger partial charge in [0, 0.05) is 23.9 Å². The average molecular weight is 255 g/mol. The standard InChI is InChI=1S/C13H9N3O3/c17-8-5-6-16-11(7-8)14-15-12(16)9-3-1-2-4-10(9)13(18)19/h1-7,14H,(H,18,19). The van der Waals surface area contributed by atoms with Crippen LogP contribution in [0.5, 0.6) is 0 Å². The number of aromatic amines is 1. The third-order valence-corrected chi connectivity index (χ3v) is 2.83. The minimum absolute atomic E-state index is 0.137. The Labute approximate surface area is 106 Å². The lowest BCUT2D eigenvalue weighted by atomic mass is 10.1. The van der Waals surface area contributed by atoms with Crippen LogP contribution < -0.4 is 5.43 Å². The maximum Gasteiger partial charge on any atom is 0.336 e. The zero-order valence-corrected chi connectivity index (χ0v) is 9.70. The smallest absolute Gasteiger partial charge is 0.336 e. The highest BCUT2D eigenvalue weighted by atomic mass is 16.4. The van der Waals surface area contributed by atoms with Gasteiger partial charge in [0.25, 0.3) is 0 Å². The van der Waals surface area contributed by atoms with Crippen molar-refractivity contribution in [2.24, 2.45) is 0 Å². The van der Waals surface area contributed by atoms with Gasteiger partial charge in [0.15, 0.2) is 11.3 Å². The number of benzene rings is 1. The number of pyridine rings is 1. The molecule has 0 amide bonds. The topological polar surface area (TPSA) is 87.5 Å². The van der Waals surface area contributed by atoms with E-state index in [1.807, 2.05) is 0 Å². The first-order valence-electron chi connectivity index (χ1n) is 5.56. The van der Waals surface area contributed by atoms with Crippen LogP contribution in [0.25, 0.3) is 17.0 Å². The molecule has 6 nitrogen and oxygen atoms in total. The third-order valence-electron chi connectivity index (χ3n) is 2.83. The van der Waals surface area contributed by atoms with Gasteiger partial charge < -0.3 is 5.11 Å². The number of carboxylic acid groups (broad SMARTS) is 1. The predicted molar refractivity (Wildman–Crippen MR) is 68.2 cm³/mol. The van der Waals surface area contributed by atoms with Crippen LogP contribution in [0.1, 0.15) is 10.4 Å². The van der Waals surface area contributed by atoms with Gasteiger partial charge in [-0.2, -0.15) is 5.10 Å². The van der Waals surface area contributed by atoms with E-state index in [2.05, 4.69) is 10.2 Å². The van der Waals surface area contributed by atoms with E-state index in [4.69, 9.17) is 0 Å². The van der Waals surface area contributed by atoms with E-state index in [0.717, 1.165) is 0 Å². The van der Waals surface area contributed by atoms with Crippen LogP contribution in [0.4, 0.5) is 0 Å². The molecule has 0 unspecified atom stereocenters. The van der Waals surface area contributed by atoms with Gasteiger partial charge in [-0.05, 0) is 6.07 Å². The summed E-state index contributed by atoms with van der Waals surface area (Å²) in [6.07, 6.45) is 1.56. The molecular formula is C13H9N3O3. The van der Waals surface area contributed by atoms with Crippen LogP contribution in [-0.2, 0) is 0 Å². The average Bonchev–Trinajstić information content (AvgIpc) is 2.81. The first kappa shape index (κ1) is 11.2. The number of carboxylic acids is 1. The summed E-state index contributed by atoms with van der Waals surface area (Å²) in [5.41, 5.74) is 1.03. The first-order valence-corrected chi connectivity index (χ1v) is 5.56. The van der Waals surface area contributed by atoms with Crippen LogP contribution in [0.3, 0.4) is 0 Å². The van der Waals surface area contributed by atoms with Crippen LogP contribution in [0.2, 0.25) is 0 Å². The Hall–Kier alpha value is -2.89. The fourth-order valence-electron chi connectivity index (χ4n) is 1.97. The second-order valence-corrected chi connectivity index (χ2v) is 4.02. The summed E-state index contributed by atoms with van der Waals surface area (Å²) in [6, 6.07) is 9.39. The van der Waals surface area contributed by atoms with E-state index in [1.165, 1.54) is 18.2 Å². The van der Waals surface area contributed by atoms with Gasteiger partial charge >= 0.3 is 5.97 Å². The highest BCUT2D eigenvalue weighted by Gasteiger charge is 2.15. The quantitative estimate of drug-likeness (QED) is 0.724. The molecule has 2 aromatic heterocycles. The molecule has 0 saturated heterocycles. The summed E-state index contributed by atoms with van der Waals surface area (Å²) in [5, 5.41) is 16.0. The lowest BCUT2D eigenvalue weighted by molar-refractivity contribution is 0.0697. The lowest BCUT2D eigenvalue weighted by Gasteiger charge is -2.03. The van der Waals surface area contributed by atoms with Crippen molar-refractivity contribution >= 4 is 11.6 Å². The zero-order valence-electron chi connectivity index (χ0n) is 9.70. The number of rotatable bonds is 2. The molecular weight excluding hydrogens is 246 g/mol. The highest BCUT2D eigenvalue weighted by Crippen LogP contribution is 2.22. The molecule has 0 aliphatic rings. The van der Waals surface area contributed by atoms with Crippen molar-refractivity contribution in [2.45, 2.75) is 0 Å². The van der Waals surface area contributed by atoms with Crippen LogP contribution in [0.15, 0.2) is 47.4 Å². The Morgan fingerprint density at radius 2 is 2.05 bits per heavy atom. The first-order chi connectivity index (χ1) is 9.16. The molecule has 3 rings (SSSR count). The minimum Gasteiger partial charge on any atom is -0.478 e. The van der Waals surface area contributed by atoms with Crippen molar-refractivity contribution in [1.29, 1.82) is 0 Å². The molecule has 94 valence electrons. The van der Waals surface area contributed by atoms with E-state index in [0.29, 0.717) is 17.0 Å². The van der Waals surface area contributed by atoms with Crippen LogP contribution >= 0.6 is 0 Å². The summed E-state index contributed by atoms with van der Waals surface area (Å²) in [5.74, 6) is -0.569. The van der Waals surface area contributed by atoms with Gasteiger partial charge in [-0.3, -0.25) is 14.3 Å². The zero-order chi connectivity index (χ0) is 13.4. The van der Waals surface area contributed by atoms with E-state index in [9.17, 15) is 14.7 Å². The Morgan fingerprint density at radius 3 is 2.84 bits per heavy atom. The molecule has 0 atom stereocenters. The monoisotopic (exact) mass is 255 g/mol. The Kier molecular flexibility index (Phi) is 2.42. The van der Waals surface area contributed by atoms with Crippen molar-refractivity contribution < 1.29 is 9.90 Å². The summed E-state index contributed by atoms with van der Waals surface area (Å²) >= 11 is 0. The van der Waals surface area contributed by atoms with Crippen LogP contribution in [-0.4, -0.2) is 25.7 Å². The molecule has 2 heterocycles. The SMILES string of the molecule is O=C(O)c1ccccc1-c1n[nH]c2cc(=O)ccn12. The minimum atomic E-state index is -1.02. The van der Waals surface area contributed by atoms with Gasteiger partial charge in [0.05, 0.1) is 5.56 Å². The molecule has 3 aromatic rings. The largest absolute Gasteiger partial charge is 0.478 e. The lowest BCUT2D eigenvalue weighted by Crippen LogP contribution is -2.03. The summed E-state index contributed by atoms with van der Waals surface area (Å²) < 4.78 is 1.64. The Bertz CT molecular complexity index is 832. The molecule has 0 bridgehead atoms.